The number of hydrogen-bond donors (Lipinski definition) is 2. The van der Waals surface area contributed by atoms with Crippen LogP contribution in [0.1, 0.15) is 131 Å². The van der Waals surface area contributed by atoms with E-state index in [2.05, 4.69) is 30.2 Å². The molecule has 0 aromatic heterocycles. The van der Waals surface area contributed by atoms with Gasteiger partial charge in [-0.3, -0.25) is 38.6 Å². The number of piperazine rings is 2. The van der Waals surface area contributed by atoms with Gasteiger partial charge in [0.15, 0.2) is 0 Å². The highest BCUT2D eigenvalue weighted by Gasteiger charge is 2.39. The van der Waals surface area contributed by atoms with Crippen molar-refractivity contribution < 1.29 is 28.8 Å². The van der Waals surface area contributed by atoms with Crippen molar-refractivity contribution in [2.24, 2.45) is 0 Å². The lowest BCUT2D eigenvalue weighted by molar-refractivity contribution is -0.122. The zero-order valence-corrected chi connectivity index (χ0v) is 43.1. The summed E-state index contributed by atoms with van der Waals surface area (Å²) in [5, 5.41) is 8.58. The van der Waals surface area contributed by atoms with E-state index in [1.54, 1.807) is 24.3 Å². The minimum absolute atomic E-state index is 0.165. The standard InChI is InChI=1S/C50H72N8O6S4/c59-43(11-3-1-9-37-17-35-65-67-37)51-19-5-21-53-27-31-55(32-28-53)23-7-25-57-47(61)39-13-15-41-46-42(16-14-40(45(39)46)48(57)62)50(64)58(49(41)63)26-8-24-56-33-29-54(30-34-56)22-6-20-52-44(60)12-4-2-10-38-18-36-66-68-38/h13-16,37-38H,1-12,17-36H2,(H,51,59)(H,52,60). The fourth-order valence-corrected chi connectivity index (χ4v) is 16.5. The molecule has 372 valence electrons. The van der Waals surface area contributed by atoms with Crippen molar-refractivity contribution in [3.8, 4) is 0 Å². The molecular weight excluding hydrogens is 937 g/mol. The molecule has 0 saturated carbocycles. The van der Waals surface area contributed by atoms with Crippen LogP contribution in [0.15, 0.2) is 24.3 Å². The van der Waals surface area contributed by atoms with Crippen molar-refractivity contribution in [1.82, 2.24) is 40.0 Å². The Morgan fingerprint density at radius 3 is 1.12 bits per heavy atom. The van der Waals surface area contributed by atoms with E-state index in [1.165, 1.54) is 47.0 Å². The molecular formula is C50H72N8O6S4. The van der Waals surface area contributed by atoms with E-state index >= 15 is 0 Å². The van der Waals surface area contributed by atoms with Gasteiger partial charge in [0, 0.05) is 146 Å². The lowest BCUT2D eigenvalue weighted by Gasteiger charge is -2.36. The van der Waals surface area contributed by atoms with Crippen LogP contribution in [-0.4, -0.2) is 192 Å². The first kappa shape index (κ1) is 51.5. The first-order valence-corrected chi connectivity index (χ1v) is 30.3. The van der Waals surface area contributed by atoms with Gasteiger partial charge in [0.2, 0.25) is 11.8 Å². The second-order valence-corrected chi connectivity index (χ2v) is 24.8. The van der Waals surface area contributed by atoms with Crippen LogP contribution >= 0.6 is 43.2 Å². The van der Waals surface area contributed by atoms with Gasteiger partial charge in [-0.2, -0.15) is 0 Å². The summed E-state index contributed by atoms with van der Waals surface area (Å²) >= 11 is 0. The van der Waals surface area contributed by atoms with Crippen molar-refractivity contribution >= 4 is 89.4 Å². The monoisotopic (exact) mass is 1010 g/mol. The number of carbonyl (C=O) groups excluding carboxylic acids is 6. The van der Waals surface area contributed by atoms with E-state index in [9.17, 15) is 28.8 Å². The molecule has 0 bridgehead atoms. The molecule has 68 heavy (non-hydrogen) atoms. The SMILES string of the molecule is O=C(CCCCC1CCSS1)NCCCN1CCN(CCCN2C(=O)c3ccc4c5c(ccc(c35)C2=O)C(=O)N(CCCN2CCN(CCCNC(=O)CCCCC3CCSS3)CC2)C4=O)CC1. The maximum absolute atomic E-state index is 13.9. The Morgan fingerprint density at radius 1 is 0.456 bits per heavy atom. The Morgan fingerprint density at radius 2 is 0.794 bits per heavy atom. The van der Waals surface area contributed by atoms with Crippen LogP contribution in [0.25, 0.3) is 10.8 Å². The highest BCUT2D eigenvalue weighted by Crippen LogP contribution is 2.41. The van der Waals surface area contributed by atoms with Gasteiger partial charge in [-0.15, -0.1) is 0 Å². The number of amides is 6. The Hall–Kier alpha value is -2.84. The second-order valence-electron chi connectivity index (χ2n) is 19.2. The molecule has 18 heteroatoms. The first-order valence-electron chi connectivity index (χ1n) is 25.5. The third-order valence-corrected chi connectivity index (χ3v) is 20.5. The third kappa shape index (κ3) is 13.8. The first-order chi connectivity index (χ1) is 33.2. The highest BCUT2D eigenvalue weighted by atomic mass is 33.1. The molecule has 0 aliphatic carbocycles. The smallest absolute Gasteiger partial charge is 0.261 e. The number of benzene rings is 2. The van der Waals surface area contributed by atoms with Gasteiger partial charge >= 0.3 is 0 Å². The Bertz CT molecular complexity index is 1870. The van der Waals surface area contributed by atoms with E-state index in [4.69, 9.17) is 0 Å². The molecule has 6 amide bonds. The quantitative estimate of drug-likeness (QED) is 0.0602. The van der Waals surface area contributed by atoms with Crippen LogP contribution in [0.3, 0.4) is 0 Å². The molecule has 2 atom stereocenters. The fourth-order valence-electron chi connectivity index (χ4n) is 10.4. The molecule has 6 heterocycles. The molecule has 6 aliphatic rings. The topological polar surface area (TPSA) is 146 Å². The number of nitrogens with zero attached hydrogens (tertiary/aromatic N) is 6. The maximum atomic E-state index is 13.9. The second kappa shape index (κ2) is 26.0. The summed E-state index contributed by atoms with van der Waals surface area (Å²) in [6.07, 6.45) is 13.7. The molecule has 2 unspecified atom stereocenters. The number of rotatable bonds is 26. The zero-order valence-electron chi connectivity index (χ0n) is 39.9. The van der Waals surface area contributed by atoms with Crippen LogP contribution in [0.5, 0.6) is 0 Å². The average molecular weight is 1010 g/mol. The largest absolute Gasteiger partial charge is 0.356 e. The van der Waals surface area contributed by atoms with Gasteiger partial charge in [-0.1, -0.05) is 56.0 Å². The average Bonchev–Trinajstić information content (AvgIpc) is 4.09. The molecule has 8 rings (SSSR count). The summed E-state index contributed by atoms with van der Waals surface area (Å²) < 4.78 is 0. The summed E-state index contributed by atoms with van der Waals surface area (Å²) in [4.78, 5) is 92.5. The molecule has 14 nitrogen and oxygen atoms in total. The highest BCUT2D eigenvalue weighted by molar-refractivity contribution is 8.77. The predicted molar refractivity (Wildman–Crippen MR) is 279 cm³/mol. The number of carbonyl (C=O) groups is 6. The van der Waals surface area contributed by atoms with Gasteiger partial charge in [0.05, 0.1) is 0 Å². The van der Waals surface area contributed by atoms with E-state index in [0.29, 0.717) is 84.9 Å². The van der Waals surface area contributed by atoms with E-state index in [0.717, 1.165) is 128 Å². The van der Waals surface area contributed by atoms with Crippen molar-refractivity contribution in [2.45, 2.75) is 100 Å². The van der Waals surface area contributed by atoms with Crippen molar-refractivity contribution in [1.29, 1.82) is 0 Å². The van der Waals surface area contributed by atoms with Crippen LogP contribution in [0.4, 0.5) is 0 Å². The lowest BCUT2D eigenvalue weighted by Crippen LogP contribution is -2.48. The van der Waals surface area contributed by atoms with E-state index in [1.807, 2.05) is 43.2 Å². The van der Waals surface area contributed by atoms with Crippen molar-refractivity contribution in [3.05, 3.63) is 46.5 Å². The molecule has 4 fully saturated rings. The Labute approximate surface area is 419 Å². The fraction of sp³-hybridized carbons (Fsp3) is 0.680. The van der Waals surface area contributed by atoms with E-state index < -0.39 is 0 Å². The summed E-state index contributed by atoms with van der Waals surface area (Å²) in [7, 11) is 7.96. The number of nitrogens with one attached hydrogen (secondary N) is 2. The zero-order chi connectivity index (χ0) is 47.2. The van der Waals surface area contributed by atoms with Gasteiger partial charge in [-0.05, 0) is 115 Å². The number of imide groups is 2. The molecule has 2 aromatic carbocycles. The van der Waals surface area contributed by atoms with Crippen molar-refractivity contribution in [3.63, 3.8) is 0 Å². The van der Waals surface area contributed by atoms with Crippen LogP contribution in [0.2, 0.25) is 0 Å². The molecule has 4 saturated heterocycles. The summed E-state index contributed by atoms with van der Waals surface area (Å²) in [6, 6.07) is 6.63. The van der Waals surface area contributed by atoms with Crippen LogP contribution < -0.4 is 10.6 Å². The van der Waals surface area contributed by atoms with Crippen LogP contribution in [-0.2, 0) is 9.59 Å². The van der Waals surface area contributed by atoms with Crippen LogP contribution in [0, 0.1) is 0 Å². The van der Waals surface area contributed by atoms with Gasteiger partial charge in [0.1, 0.15) is 0 Å². The lowest BCUT2D eigenvalue weighted by atomic mass is 9.86. The number of hydrogen-bond acceptors (Lipinski definition) is 14. The maximum Gasteiger partial charge on any atom is 0.261 e. The molecule has 0 spiro atoms. The van der Waals surface area contributed by atoms with Gasteiger partial charge < -0.3 is 30.2 Å². The van der Waals surface area contributed by atoms with E-state index in [-0.39, 0.29) is 35.4 Å². The molecule has 2 N–H and O–H groups in total. The molecule has 0 radical (unpaired) electrons. The third-order valence-electron chi connectivity index (χ3n) is 14.5. The normalized spacial score (nSPS) is 21.7. The Kier molecular flexibility index (Phi) is 19.7. The molecule has 6 aliphatic heterocycles. The minimum Gasteiger partial charge on any atom is -0.356 e. The summed E-state index contributed by atoms with van der Waals surface area (Å²) in [5.41, 5.74) is 1.44. The summed E-state index contributed by atoms with van der Waals surface area (Å²) in [6.45, 7) is 12.9. The van der Waals surface area contributed by atoms with Gasteiger partial charge in [0.25, 0.3) is 23.6 Å². The van der Waals surface area contributed by atoms with Crippen molar-refractivity contribution in [2.75, 3.05) is 116 Å². The Balaban J connectivity index is 0.707. The number of unbranched alkanes of at least 4 members (excludes halogenated alkanes) is 2. The molecule has 2 aromatic rings. The van der Waals surface area contributed by atoms with Gasteiger partial charge in [-0.25, -0.2) is 0 Å². The summed E-state index contributed by atoms with van der Waals surface area (Å²) in [5.74, 6) is 1.32. The minimum atomic E-state index is -0.381. The predicted octanol–water partition coefficient (Wildman–Crippen LogP) is 6.49.